The molecule has 1 aromatic carbocycles. The number of alkyl halides is 3. The maximum Gasteiger partial charge on any atom is 0.416 e. The zero-order chi connectivity index (χ0) is 26.0. The van der Waals surface area contributed by atoms with Gasteiger partial charge < -0.3 is 24.2 Å². The summed E-state index contributed by atoms with van der Waals surface area (Å²) in [5.41, 5.74) is -0.170. The van der Waals surface area contributed by atoms with Crippen LogP contribution in [0.4, 0.5) is 24.7 Å². The molecule has 0 atom stereocenters. The summed E-state index contributed by atoms with van der Waals surface area (Å²) in [6.45, 7) is 4.44. The first-order chi connectivity index (χ1) is 17.7. The first-order valence-corrected chi connectivity index (χ1v) is 13.5. The van der Waals surface area contributed by atoms with Gasteiger partial charge >= 0.3 is 6.18 Å². The van der Waals surface area contributed by atoms with Crippen molar-refractivity contribution in [2.45, 2.75) is 30.0 Å². The van der Waals surface area contributed by atoms with E-state index in [1.165, 1.54) is 17.8 Å². The van der Waals surface area contributed by atoms with Gasteiger partial charge in [-0.1, -0.05) is 29.4 Å². The first kappa shape index (κ1) is 26.3. The topological polar surface area (TPSA) is 71.0 Å². The molecule has 0 aliphatic carbocycles. The van der Waals surface area contributed by atoms with E-state index in [2.05, 4.69) is 14.9 Å². The highest BCUT2D eigenvalue weighted by molar-refractivity contribution is 7.99. The van der Waals surface area contributed by atoms with E-state index in [9.17, 15) is 18.0 Å². The van der Waals surface area contributed by atoms with Crippen LogP contribution in [0.1, 0.15) is 18.4 Å². The molecule has 3 saturated heterocycles. The summed E-state index contributed by atoms with van der Waals surface area (Å²) in [6, 6.07) is 6.99. The number of piperazine rings is 1. The van der Waals surface area contributed by atoms with Gasteiger partial charge in [0, 0.05) is 63.9 Å². The summed E-state index contributed by atoms with van der Waals surface area (Å²) < 4.78 is 50.7. The van der Waals surface area contributed by atoms with E-state index >= 15 is 0 Å². The highest BCUT2D eigenvalue weighted by Crippen LogP contribution is 2.34. The number of nitrogens with zero attached hydrogens (tertiary/aromatic N) is 5. The number of hydrogen-bond acceptors (Lipinski definition) is 8. The molecule has 8 nitrogen and oxygen atoms in total. The van der Waals surface area contributed by atoms with Crippen molar-refractivity contribution in [2.75, 3.05) is 68.0 Å². The Bertz CT molecular complexity index is 1120. The van der Waals surface area contributed by atoms with Gasteiger partial charge in [-0.25, -0.2) is 9.97 Å². The quantitative estimate of drug-likeness (QED) is 0.311. The lowest BCUT2D eigenvalue weighted by Crippen LogP contribution is -2.49. The van der Waals surface area contributed by atoms with Gasteiger partial charge in [0.1, 0.15) is 11.0 Å². The Balaban J connectivity index is 1.13. The minimum absolute atomic E-state index is 0.0748. The number of carbonyl (C=O) groups excluding carboxylic acids is 1. The molecule has 3 aliphatic heterocycles. The SMILES string of the molecule is O=C(CSc1nc(Cl)cc(N2CCC3(CC2)OCCO3)n1)N1CCN(c2cccc(C(F)(F)F)c2)CC1. The van der Waals surface area contributed by atoms with Gasteiger partial charge in [-0.2, -0.15) is 13.2 Å². The van der Waals surface area contributed by atoms with Crippen molar-refractivity contribution < 1.29 is 27.4 Å². The second kappa shape index (κ2) is 10.8. The summed E-state index contributed by atoms with van der Waals surface area (Å²) in [5, 5.41) is 0.732. The molecule has 0 saturated carbocycles. The van der Waals surface area contributed by atoms with Crippen molar-refractivity contribution in [1.82, 2.24) is 14.9 Å². The number of benzene rings is 1. The van der Waals surface area contributed by atoms with Crippen molar-refractivity contribution >= 4 is 40.8 Å². The first-order valence-electron chi connectivity index (χ1n) is 12.1. The normalized spacial score (nSPS) is 20.1. The monoisotopic (exact) mass is 557 g/mol. The Morgan fingerprint density at radius 2 is 1.70 bits per heavy atom. The van der Waals surface area contributed by atoms with E-state index < -0.39 is 17.5 Å². The summed E-state index contributed by atoms with van der Waals surface area (Å²) in [6.07, 6.45) is -2.91. The molecule has 0 unspecified atom stereocenters. The Labute approximate surface area is 222 Å². The van der Waals surface area contributed by atoms with E-state index in [1.807, 2.05) is 4.90 Å². The van der Waals surface area contributed by atoms with Crippen LogP contribution in [0.5, 0.6) is 0 Å². The third-order valence-corrected chi connectivity index (χ3v) is 7.85. The molecule has 4 heterocycles. The highest BCUT2D eigenvalue weighted by Gasteiger charge is 2.40. The number of aromatic nitrogens is 2. The Kier molecular flexibility index (Phi) is 7.71. The highest BCUT2D eigenvalue weighted by atomic mass is 35.5. The summed E-state index contributed by atoms with van der Waals surface area (Å²) in [5.74, 6) is 0.295. The largest absolute Gasteiger partial charge is 0.416 e. The fourth-order valence-electron chi connectivity index (χ4n) is 4.78. The Hall–Kier alpha value is -2.28. The second-order valence-electron chi connectivity index (χ2n) is 9.13. The molecule has 3 aliphatic rings. The zero-order valence-electron chi connectivity index (χ0n) is 20.0. The third kappa shape index (κ3) is 6.24. The van der Waals surface area contributed by atoms with Gasteiger partial charge in [0.2, 0.25) is 5.91 Å². The molecule has 3 fully saturated rings. The number of rotatable bonds is 5. The maximum atomic E-state index is 13.0. The van der Waals surface area contributed by atoms with Crippen LogP contribution in [0.15, 0.2) is 35.5 Å². The summed E-state index contributed by atoms with van der Waals surface area (Å²) in [7, 11) is 0. The number of ether oxygens (including phenoxy) is 2. The molecule has 0 bridgehead atoms. The molecule has 1 spiro atoms. The molecule has 200 valence electrons. The lowest BCUT2D eigenvalue weighted by molar-refractivity contribution is -0.169. The van der Waals surface area contributed by atoms with Crippen LogP contribution in [0, 0.1) is 0 Å². The Morgan fingerprint density at radius 1 is 1.00 bits per heavy atom. The number of anilines is 2. The summed E-state index contributed by atoms with van der Waals surface area (Å²) >= 11 is 7.48. The third-order valence-electron chi connectivity index (χ3n) is 6.82. The molecular weight excluding hydrogens is 531 g/mol. The van der Waals surface area contributed by atoms with Gasteiger partial charge in [-0.05, 0) is 18.2 Å². The molecule has 2 aromatic rings. The smallest absolute Gasteiger partial charge is 0.368 e. The van der Waals surface area contributed by atoms with Gasteiger partial charge in [0.25, 0.3) is 0 Å². The van der Waals surface area contributed by atoms with Gasteiger partial charge in [-0.15, -0.1) is 0 Å². The number of piperidine rings is 1. The van der Waals surface area contributed by atoms with Crippen LogP contribution in [-0.2, 0) is 20.4 Å². The number of carbonyl (C=O) groups is 1. The van der Waals surface area contributed by atoms with Crippen molar-refractivity contribution in [2.24, 2.45) is 0 Å². The van der Waals surface area contributed by atoms with Crippen LogP contribution in [0.25, 0.3) is 0 Å². The number of hydrogen-bond donors (Lipinski definition) is 0. The van der Waals surface area contributed by atoms with E-state index in [-0.39, 0.29) is 11.7 Å². The van der Waals surface area contributed by atoms with Crippen LogP contribution in [0.2, 0.25) is 5.15 Å². The van der Waals surface area contributed by atoms with E-state index in [0.717, 1.165) is 25.0 Å². The average molecular weight is 558 g/mol. The second-order valence-corrected chi connectivity index (χ2v) is 10.5. The maximum absolute atomic E-state index is 13.0. The minimum atomic E-state index is -4.39. The fourth-order valence-corrected chi connectivity index (χ4v) is 5.77. The number of amides is 1. The lowest BCUT2D eigenvalue weighted by Gasteiger charge is -2.38. The lowest BCUT2D eigenvalue weighted by atomic mass is 10.0. The minimum Gasteiger partial charge on any atom is -0.368 e. The number of halogens is 4. The van der Waals surface area contributed by atoms with Gasteiger partial charge in [-0.3, -0.25) is 4.79 Å². The average Bonchev–Trinajstić information content (AvgIpc) is 3.35. The molecule has 5 rings (SSSR count). The molecular formula is C24H27ClF3N5O3S. The van der Waals surface area contributed by atoms with E-state index in [1.54, 1.807) is 17.0 Å². The standard InChI is InChI=1S/C24H27ClF3N5O3S/c25-19-15-20(32-6-4-23(5-7-32)35-12-13-36-23)30-22(29-19)37-16-21(34)33-10-8-31(9-11-33)18-3-1-2-17(14-18)24(26,27)28/h1-3,14-15H,4-13,16H2. The van der Waals surface area contributed by atoms with E-state index in [0.29, 0.717) is 74.3 Å². The number of thioether (sulfide) groups is 1. The van der Waals surface area contributed by atoms with E-state index in [4.69, 9.17) is 21.1 Å². The molecule has 13 heteroatoms. The predicted molar refractivity (Wildman–Crippen MR) is 134 cm³/mol. The van der Waals surface area contributed by atoms with Crippen molar-refractivity contribution in [1.29, 1.82) is 0 Å². The van der Waals surface area contributed by atoms with Crippen LogP contribution < -0.4 is 9.80 Å². The molecule has 37 heavy (non-hydrogen) atoms. The van der Waals surface area contributed by atoms with Crippen LogP contribution in [-0.4, -0.2) is 84.8 Å². The van der Waals surface area contributed by atoms with Crippen LogP contribution >= 0.6 is 23.4 Å². The van der Waals surface area contributed by atoms with Gasteiger partial charge in [0.15, 0.2) is 10.9 Å². The summed E-state index contributed by atoms with van der Waals surface area (Å²) in [4.78, 5) is 27.4. The zero-order valence-corrected chi connectivity index (χ0v) is 21.6. The fraction of sp³-hybridized carbons (Fsp3) is 0.542. The predicted octanol–water partition coefficient (Wildman–Crippen LogP) is 3.93. The molecule has 0 radical (unpaired) electrons. The molecule has 0 N–H and O–H groups in total. The molecule has 1 aromatic heterocycles. The van der Waals surface area contributed by atoms with Gasteiger partial charge in [0.05, 0.1) is 24.5 Å². The molecule has 1 amide bonds. The van der Waals surface area contributed by atoms with Crippen molar-refractivity contribution in [3.05, 3.63) is 41.0 Å². The van der Waals surface area contributed by atoms with Crippen molar-refractivity contribution in [3.8, 4) is 0 Å². The van der Waals surface area contributed by atoms with Crippen molar-refractivity contribution in [3.63, 3.8) is 0 Å². The Morgan fingerprint density at radius 3 is 2.38 bits per heavy atom. The van der Waals surface area contributed by atoms with Crippen LogP contribution in [0.3, 0.4) is 0 Å².